The number of carbonyl (C=O) groups excluding carboxylic acids is 3. The topological polar surface area (TPSA) is 148 Å². The zero-order chi connectivity index (χ0) is 43.1. The van der Waals surface area contributed by atoms with E-state index < -0.39 is 6.04 Å². The van der Waals surface area contributed by atoms with Gasteiger partial charge in [0.1, 0.15) is 0 Å². The molecule has 1 unspecified atom stereocenters. The lowest BCUT2D eigenvalue weighted by Gasteiger charge is -2.28. The molecular weight excluding hydrogens is 805 g/mol. The summed E-state index contributed by atoms with van der Waals surface area (Å²) in [6.07, 6.45) is 11.5. The number of methoxy groups -OCH3 is 6. The van der Waals surface area contributed by atoms with Crippen LogP contribution >= 0.6 is 23.5 Å². The monoisotopic (exact) mass is 858 g/mol. The zero-order valence-corrected chi connectivity index (χ0v) is 37.2. The van der Waals surface area contributed by atoms with E-state index >= 15 is 0 Å². The Morgan fingerprint density at radius 2 is 1.27 bits per heavy atom. The number of thioether (sulfide) groups is 2. The Kier molecular flexibility index (Phi) is 14.8. The Labute approximate surface area is 360 Å². The number of fused-ring (bicyclic) bond motifs is 6. The van der Waals surface area contributed by atoms with E-state index in [1.807, 2.05) is 48.9 Å². The molecule has 12 nitrogen and oxygen atoms in total. The van der Waals surface area contributed by atoms with E-state index in [9.17, 15) is 19.2 Å². The number of ether oxygens (including phenoxy) is 6. The fourth-order valence-corrected chi connectivity index (χ4v) is 9.72. The maximum atomic E-state index is 13.6. The second-order valence-corrected chi connectivity index (χ2v) is 16.5. The minimum absolute atomic E-state index is 0.0237. The highest BCUT2D eigenvalue weighted by Gasteiger charge is 2.38. The highest BCUT2D eigenvalue weighted by atomic mass is 32.2. The number of benzene rings is 2. The Morgan fingerprint density at radius 3 is 1.85 bits per heavy atom. The van der Waals surface area contributed by atoms with Crippen molar-refractivity contribution >= 4 is 46.7 Å². The van der Waals surface area contributed by atoms with Gasteiger partial charge >= 0.3 is 0 Å². The van der Waals surface area contributed by atoms with Crippen LogP contribution < -0.4 is 44.5 Å². The fourth-order valence-electron chi connectivity index (χ4n) is 8.74. The number of rotatable bonds is 15. The molecule has 3 aliphatic rings. The third-order valence-electron chi connectivity index (χ3n) is 11.6. The molecule has 2 N–H and O–H groups in total. The lowest BCUT2D eigenvalue weighted by Crippen LogP contribution is -2.41. The van der Waals surface area contributed by atoms with Crippen molar-refractivity contribution in [2.24, 2.45) is 5.92 Å². The first-order chi connectivity index (χ1) is 29.0. The minimum Gasteiger partial charge on any atom is -0.493 e. The summed E-state index contributed by atoms with van der Waals surface area (Å²) in [5.41, 5.74) is 5.83. The highest BCUT2D eigenvalue weighted by Crippen LogP contribution is 2.52. The van der Waals surface area contributed by atoms with Crippen LogP contribution in [0.15, 0.2) is 57.1 Å². The van der Waals surface area contributed by atoms with Gasteiger partial charge in [-0.3, -0.25) is 19.2 Å². The number of ketones is 1. The molecule has 3 atom stereocenters. The number of aryl methyl sites for hydroxylation is 2. The van der Waals surface area contributed by atoms with Crippen LogP contribution in [-0.2, 0) is 27.2 Å². The molecule has 320 valence electrons. The molecule has 0 radical (unpaired) electrons. The van der Waals surface area contributed by atoms with Crippen LogP contribution in [0.25, 0.3) is 16.7 Å². The zero-order valence-electron chi connectivity index (χ0n) is 35.5. The van der Waals surface area contributed by atoms with Crippen LogP contribution in [0.3, 0.4) is 0 Å². The van der Waals surface area contributed by atoms with Crippen molar-refractivity contribution in [3.8, 4) is 45.6 Å². The first-order valence-corrected chi connectivity index (χ1v) is 22.4. The maximum absolute atomic E-state index is 13.6. The molecule has 14 heteroatoms. The van der Waals surface area contributed by atoms with E-state index in [4.69, 9.17) is 28.4 Å². The Morgan fingerprint density at radius 1 is 0.683 bits per heavy atom. The third kappa shape index (κ3) is 9.00. The van der Waals surface area contributed by atoms with Crippen molar-refractivity contribution in [2.45, 2.75) is 74.8 Å². The molecular formula is C46H54N2O10S2. The molecule has 0 heterocycles. The summed E-state index contributed by atoms with van der Waals surface area (Å²) in [7, 11) is 9.44. The Balaban J connectivity index is 1.15. The van der Waals surface area contributed by atoms with Crippen LogP contribution in [0, 0.1) is 5.92 Å². The van der Waals surface area contributed by atoms with Gasteiger partial charge < -0.3 is 39.1 Å². The molecule has 2 amide bonds. The number of unbranched alkanes of at least 4 members (excludes halogenated alkanes) is 1. The van der Waals surface area contributed by atoms with Crippen molar-refractivity contribution in [3.63, 3.8) is 0 Å². The SMILES string of the molecule is COc1cc2c(c(OC)c1OC)C1=CC=C(SC)C(=O)CC1[C@@H](NC(=O)CCCCC(=O)N[C@H]1CCc3cc(OC)c(OC)c(OC)c3-c3ccc(SC)c(=O)cc31)CC2. The van der Waals surface area contributed by atoms with Gasteiger partial charge in [-0.25, -0.2) is 0 Å². The van der Waals surface area contributed by atoms with E-state index in [1.54, 1.807) is 48.7 Å². The lowest BCUT2D eigenvalue weighted by atomic mass is 9.83. The maximum Gasteiger partial charge on any atom is 0.220 e. The smallest absolute Gasteiger partial charge is 0.220 e. The quantitative estimate of drug-likeness (QED) is 0.115. The van der Waals surface area contributed by atoms with E-state index in [0.29, 0.717) is 88.4 Å². The Bertz CT molecular complexity index is 2270. The van der Waals surface area contributed by atoms with Gasteiger partial charge in [-0.05, 0) is 109 Å². The first kappa shape index (κ1) is 44.5. The summed E-state index contributed by atoms with van der Waals surface area (Å²) in [5, 5.41) is 6.47. The number of allylic oxidation sites excluding steroid dienone is 3. The normalized spacial score (nSPS) is 18.0. The van der Waals surface area contributed by atoms with Crippen LogP contribution in [0.1, 0.15) is 73.2 Å². The minimum atomic E-state index is -0.455. The average molecular weight is 859 g/mol. The summed E-state index contributed by atoms with van der Waals surface area (Å²) in [4.78, 5) is 55.3. The van der Waals surface area contributed by atoms with Crippen molar-refractivity contribution in [2.75, 3.05) is 55.2 Å². The van der Waals surface area contributed by atoms with Crippen molar-refractivity contribution in [3.05, 3.63) is 79.9 Å². The van der Waals surface area contributed by atoms with Crippen molar-refractivity contribution < 1.29 is 42.8 Å². The van der Waals surface area contributed by atoms with Crippen molar-refractivity contribution in [1.82, 2.24) is 10.6 Å². The second-order valence-electron chi connectivity index (χ2n) is 14.8. The molecule has 0 saturated carbocycles. The molecule has 6 rings (SSSR count). The van der Waals surface area contributed by atoms with E-state index in [1.165, 1.54) is 23.5 Å². The van der Waals surface area contributed by atoms with E-state index in [0.717, 1.165) is 33.4 Å². The van der Waals surface area contributed by atoms with Gasteiger partial charge in [0.05, 0.1) is 58.5 Å². The first-order valence-electron chi connectivity index (χ1n) is 20.0. The predicted octanol–water partition coefficient (Wildman–Crippen LogP) is 7.50. The van der Waals surface area contributed by atoms with Gasteiger partial charge in [-0.1, -0.05) is 12.1 Å². The van der Waals surface area contributed by atoms with E-state index in [2.05, 4.69) is 10.6 Å². The number of carbonyl (C=O) groups is 3. The van der Waals surface area contributed by atoms with Crippen LogP contribution in [0.2, 0.25) is 0 Å². The molecule has 0 saturated heterocycles. The number of hydrogen-bond acceptors (Lipinski definition) is 12. The summed E-state index contributed by atoms with van der Waals surface area (Å²) in [5.74, 6) is 2.43. The van der Waals surface area contributed by atoms with Gasteiger partial charge in [0.25, 0.3) is 0 Å². The summed E-state index contributed by atoms with van der Waals surface area (Å²) in [6, 6.07) is 8.45. The molecule has 3 aromatic rings. The summed E-state index contributed by atoms with van der Waals surface area (Å²) >= 11 is 2.77. The lowest BCUT2D eigenvalue weighted by molar-refractivity contribution is -0.124. The van der Waals surface area contributed by atoms with Crippen LogP contribution in [-0.4, -0.2) is 78.8 Å². The average Bonchev–Trinajstić information content (AvgIpc) is 3.65. The summed E-state index contributed by atoms with van der Waals surface area (Å²) < 4.78 is 34.6. The number of amides is 2. The molecule has 0 aliphatic heterocycles. The fraction of sp³-hybridized carbons (Fsp3) is 0.435. The van der Waals surface area contributed by atoms with Gasteiger partial charge in [0.15, 0.2) is 34.2 Å². The highest BCUT2D eigenvalue weighted by molar-refractivity contribution is 8.03. The molecule has 0 bridgehead atoms. The second kappa shape index (κ2) is 20.0. The van der Waals surface area contributed by atoms with Gasteiger partial charge in [0.2, 0.25) is 23.3 Å². The largest absolute Gasteiger partial charge is 0.493 e. The standard InChI is InChI=1S/C46H54N2O10S2/c1-53-35-21-25-13-17-31(29-23-33(49)37(59-7)19-15-27(29)41(25)45(57-5)43(35)55-3)47-39(51)11-9-10-12-40(52)48-32-18-14-26-22-36(54-2)44(56-4)46(58-6)42(26)28-16-20-38(60-8)34(50)24-30(28)32/h15-16,19-23,30-32H,9-14,17-18,24H2,1-8H3,(H,47,51)(H,48,52)/t30?,31-,32-/m0/s1. The molecule has 3 aliphatic carbocycles. The number of Topliss-reactive ketones (excluding diaryl/α,β-unsaturated/α-hetero) is 1. The van der Waals surface area contributed by atoms with Crippen LogP contribution in [0.4, 0.5) is 0 Å². The molecule has 0 fully saturated rings. The summed E-state index contributed by atoms with van der Waals surface area (Å²) in [6.45, 7) is 0. The van der Waals surface area contributed by atoms with Gasteiger partial charge in [-0.2, -0.15) is 0 Å². The predicted molar refractivity (Wildman–Crippen MR) is 236 cm³/mol. The van der Waals surface area contributed by atoms with Gasteiger partial charge in [-0.15, -0.1) is 23.5 Å². The van der Waals surface area contributed by atoms with Crippen LogP contribution in [0.5, 0.6) is 34.5 Å². The molecule has 60 heavy (non-hydrogen) atoms. The Hall–Kier alpha value is -5.08. The molecule has 3 aromatic carbocycles. The van der Waals surface area contributed by atoms with E-state index in [-0.39, 0.29) is 54.2 Å². The van der Waals surface area contributed by atoms with Crippen molar-refractivity contribution in [1.29, 1.82) is 0 Å². The van der Waals surface area contributed by atoms with Gasteiger partial charge in [0, 0.05) is 42.3 Å². The number of nitrogens with one attached hydrogen (secondary N) is 2. The molecule has 0 aromatic heterocycles. The third-order valence-corrected chi connectivity index (χ3v) is 13.2. The number of hydrogen-bond donors (Lipinski definition) is 2. The molecule has 0 spiro atoms.